The van der Waals surface area contributed by atoms with Gasteiger partial charge in [0.15, 0.2) is 0 Å². The number of fused-ring (bicyclic) bond motifs is 1. The van der Waals surface area contributed by atoms with E-state index >= 15 is 0 Å². The second kappa shape index (κ2) is 4.04. The van der Waals surface area contributed by atoms with Crippen LogP contribution in [0.15, 0.2) is 54.7 Å². The summed E-state index contributed by atoms with van der Waals surface area (Å²) in [5.41, 5.74) is 2.99. The fourth-order valence-electron chi connectivity index (χ4n) is 2.20. The van der Waals surface area contributed by atoms with Crippen LogP contribution in [0.3, 0.4) is 0 Å². The quantitative estimate of drug-likeness (QED) is 0.716. The van der Waals surface area contributed by atoms with Crippen LogP contribution in [-0.2, 0) is 0 Å². The van der Waals surface area contributed by atoms with Gasteiger partial charge in [0.1, 0.15) is 0 Å². The molecule has 3 aromatic rings. The molecule has 0 aliphatic rings. The number of hydrogen-bond acceptors (Lipinski definition) is 1. The first-order chi connectivity index (χ1) is 8.77. The van der Waals surface area contributed by atoms with Gasteiger partial charge in [-0.05, 0) is 17.7 Å². The van der Waals surface area contributed by atoms with Crippen LogP contribution in [0, 0.1) is 0 Å². The first kappa shape index (κ1) is 10.6. The molecule has 0 aliphatic heterocycles. The van der Waals surface area contributed by atoms with Crippen molar-refractivity contribution in [1.82, 2.24) is 4.98 Å². The summed E-state index contributed by atoms with van der Waals surface area (Å²) >= 11 is 0. The summed E-state index contributed by atoms with van der Waals surface area (Å²) in [4.78, 5) is 14.4. The minimum atomic E-state index is -0.907. The van der Waals surface area contributed by atoms with Crippen LogP contribution in [0.2, 0.25) is 0 Å². The number of carboxylic acids is 1. The lowest BCUT2D eigenvalue weighted by atomic mass is 9.99. The van der Waals surface area contributed by atoms with Crippen molar-refractivity contribution in [3.05, 3.63) is 60.3 Å². The lowest BCUT2D eigenvalue weighted by Gasteiger charge is -2.04. The molecule has 88 valence electrons. The number of aromatic nitrogens is 1. The average Bonchev–Trinajstić information content (AvgIpc) is 2.82. The molecule has 18 heavy (non-hydrogen) atoms. The van der Waals surface area contributed by atoms with Crippen molar-refractivity contribution in [3.63, 3.8) is 0 Å². The Kier molecular flexibility index (Phi) is 2.38. The zero-order chi connectivity index (χ0) is 12.5. The van der Waals surface area contributed by atoms with E-state index in [2.05, 4.69) is 4.98 Å². The Balaban J connectivity index is 2.30. The maximum Gasteiger partial charge on any atom is 0.336 e. The molecule has 0 amide bonds. The molecular formula is C15H11NO2. The van der Waals surface area contributed by atoms with Crippen molar-refractivity contribution < 1.29 is 9.90 Å². The summed E-state index contributed by atoms with van der Waals surface area (Å²) in [6.45, 7) is 0. The number of hydrogen-bond donors (Lipinski definition) is 2. The van der Waals surface area contributed by atoms with Crippen molar-refractivity contribution in [2.75, 3.05) is 0 Å². The minimum absolute atomic E-state index is 0.322. The first-order valence-electron chi connectivity index (χ1n) is 5.66. The molecule has 2 N–H and O–H groups in total. The molecule has 0 atom stereocenters. The highest BCUT2D eigenvalue weighted by molar-refractivity contribution is 6.03. The zero-order valence-corrected chi connectivity index (χ0v) is 9.55. The molecule has 0 bridgehead atoms. The van der Waals surface area contributed by atoms with Crippen LogP contribution in [0.1, 0.15) is 10.4 Å². The second-order valence-electron chi connectivity index (χ2n) is 4.10. The summed E-state index contributed by atoms with van der Waals surface area (Å²) < 4.78 is 0. The van der Waals surface area contributed by atoms with E-state index in [1.807, 2.05) is 42.6 Å². The maximum atomic E-state index is 11.2. The highest BCUT2D eigenvalue weighted by Gasteiger charge is 2.13. The Morgan fingerprint density at radius 3 is 2.50 bits per heavy atom. The van der Waals surface area contributed by atoms with E-state index in [0.717, 1.165) is 22.0 Å². The SMILES string of the molecule is O=C(O)c1ccccc1-c1c[nH]c2ccccc12. The first-order valence-corrected chi connectivity index (χ1v) is 5.66. The van der Waals surface area contributed by atoms with Gasteiger partial charge in [-0.1, -0.05) is 36.4 Å². The molecule has 0 radical (unpaired) electrons. The Hall–Kier alpha value is -2.55. The zero-order valence-electron chi connectivity index (χ0n) is 9.55. The van der Waals surface area contributed by atoms with Gasteiger partial charge in [-0.25, -0.2) is 4.79 Å². The van der Waals surface area contributed by atoms with E-state index < -0.39 is 5.97 Å². The van der Waals surface area contributed by atoms with Crippen molar-refractivity contribution in [2.45, 2.75) is 0 Å². The van der Waals surface area contributed by atoms with E-state index in [4.69, 9.17) is 0 Å². The summed E-state index contributed by atoms with van der Waals surface area (Å²) in [7, 11) is 0. The monoisotopic (exact) mass is 237 g/mol. The predicted molar refractivity (Wildman–Crippen MR) is 70.7 cm³/mol. The van der Waals surface area contributed by atoms with Crippen molar-refractivity contribution in [2.24, 2.45) is 0 Å². The standard InChI is InChI=1S/C15H11NO2/c17-15(18)12-7-2-1-5-10(12)13-9-16-14-8-4-3-6-11(13)14/h1-9,16H,(H,17,18). The van der Waals surface area contributed by atoms with E-state index in [1.165, 1.54) is 0 Å². The van der Waals surface area contributed by atoms with E-state index in [-0.39, 0.29) is 0 Å². The van der Waals surface area contributed by atoms with Crippen LogP contribution in [0.25, 0.3) is 22.0 Å². The minimum Gasteiger partial charge on any atom is -0.478 e. The van der Waals surface area contributed by atoms with Gasteiger partial charge in [-0.15, -0.1) is 0 Å². The molecule has 3 heteroatoms. The summed E-state index contributed by atoms with van der Waals surface area (Å²) in [5, 5.41) is 10.3. The number of H-pyrrole nitrogens is 1. The maximum absolute atomic E-state index is 11.2. The van der Waals surface area contributed by atoms with Crippen LogP contribution in [0.4, 0.5) is 0 Å². The van der Waals surface area contributed by atoms with Gasteiger partial charge in [0, 0.05) is 22.7 Å². The number of carboxylic acid groups (broad SMARTS) is 1. The second-order valence-corrected chi connectivity index (χ2v) is 4.10. The molecule has 2 aromatic carbocycles. The van der Waals surface area contributed by atoms with Gasteiger partial charge < -0.3 is 10.1 Å². The molecule has 0 aliphatic carbocycles. The number of aromatic carboxylic acids is 1. The topological polar surface area (TPSA) is 53.1 Å². The molecule has 3 nitrogen and oxygen atoms in total. The predicted octanol–water partition coefficient (Wildman–Crippen LogP) is 3.53. The van der Waals surface area contributed by atoms with Gasteiger partial charge in [0.25, 0.3) is 0 Å². The molecule has 1 heterocycles. The number of nitrogens with one attached hydrogen (secondary N) is 1. The van der Waals surface area contributed by atoms with Crippen LogP contribution >= 0.6 is 0 Å². The third-order valence-electron chi connectivity index (χ3n) is 3.04. The summed E-state index contributed by atoms with van der Waals surface area (Å²) in [6, 6.07) is 14.9. The Morgan fingerprint density at radius 2 is 1.67 bits per heavy atom. The average molecular weight is 237 g/mol. The number of para-hydroxylation sites is 1. The number of benzene rings is 2. The molecule has 0 saturated carbocycles. The third-order valence-corrected chi connectivity index (χ3v) is 3.04. The summed E-state index contributed by atoms with van der Waals surface area (Å²) in [6.07, 6.45) is 1.85. The Labute approximate surface area is 104 Å². The lowest BCUT2D eigenvalue weighted by Crippen LogP contribution is -1.98. The number of aromatic amines is 1. The highest BCUT2D eigenvalue weighted by atomic mass is 16.4. The smallest absolute Gasteiger partial charge is 0.336 e. The molecule has 0 spiro atoms. The fourth-order valence-corrected chi connectivity index (χ4v) is 2.20. The highest BCUT2D eigenvalue weighted by Crippen LogP contribution is 2.30. The molecule has 1 aromatic heterocycles. The molecule has 0 fully saturated rings. The van der Waals surface area contributed by atoms with E-state index in [9.17, 15) is 9.90 Å². The number of rotatable bonds is 2. The van der Waals surface area contributed by atoms with Crippen molar-refractivity contribution in [1.29, 1.82) is 0 Å². The van der Waals surface area contributed by atoms with Crippen LogP contribution in [-0.4, -0.2) is 16.1 Å². The van der Waals surface area contributed by atoms with Crippen LogP contribution in [0.5, 0.6) is 0 Å². The lowest BCUT2D eigenvalue weighted by molar-refractivity contribution is 0.0698. The largest absolute Gasteiger partial charge is 0.478 e. The summed E-state index contributed by atoms with van der Waals surface area (Å²) in [5.74, 6) is -0.907. The van der Waals surface area contributed by atoms with E-state index in [0.29, 0.717) is 5.56 Å². The Bertz CT molecular complexity index is 728. The van der Waals surface area contributed by atoms with Crippen molar-refractivity contribution in [3.8, 4) is 11.1 Å². The normalized spacial score (nSPS) is 10.7. The van der Waals surface area contributed by atoms with Gasteiger partial charge in [0.2, 0.25) is 0 Å². The van der Waals surface area contributed by atoms with Gasteiger partial charge in [0.05, 0.1) is 5.56 Å². The molecule has 3 rings (SSSR count). The molecule has 0 unspecified atom stereocenters. The molecular weight excluding hydrogens is 226 g/mol. The fraction of sp³-hybridized carbons (Fsp3) is 0. The van der Waals surface area contributed by atoms with Crippen molar-refractivity contribution >= 4 is 16.9 Å². The van der Waals surface area contributed by atoms with Gasteiger partial charge >= 0.3 is 5.97 Å². The number of carbonyl (C=O) groups is 1. The van der Waals surface area contributed by atoms with Gasteiger partial charge in [-0.2, -0.15) is 0 Å². The van der Waals surface area contributed by atoms with E-state index in [1.54, 1.807) is 12.1 Å². The van der Waals surface area contributed by atoms with Crippen LogP contribution < -0.4 is 0 Å². The molecule has 0 saturated heterocycles. The Morgan fingerprint density at radius 1 is 0.944 bits per heavy atom. The third kappa shape index (κ3) is 1.57. The van der Waals surface area contributed by atoms with Gasteiger partial charge in [-0.3, -0.25) is 0 Å².